The minimum Gasteiger partial charge on any atom is -0.361 e. The third-order valence-corrected chi connectivity index (χ3v) is 3.03. The summed E-state index contributed by atoms with van der Waals surface area (Å²) in [6.45, 7) is 0.637. The van der Waals surface area contributed by atoms with Gasteiger partial charge in [-0.15, -0.1) is 0 Å². The molecule has 3 N–H and O–H groups in total. The van der Waals surface area contributed by atoms with Crippen LogP contribution < -0.4 is 5.73 Å². The van der Waals surface area contributed by atoms with Crippen molar-refractivity contribution in [2.75, 3.05) is 5.75 Å². The summed E-state index contributed by atoms with van der Waals surface area (Å²) in [4.78, 5) is 3.34. The van der Waals surface area contributed by atoms with Gasteiger partial charge in [-0.25, -0.2) is 0 Å². The van der Waals surface area contributed by atoms with Gasteiger partial charge in [0.15, 0.2) is 0 Å². The number of thioether (sulfide) groups is 1. The van der Waals surface area contributed by atoms with Crippen LogP contribution in [-0.4, -0.2) is 10.7 Å². The monoisotopic (exact) mass is 168 g/mol. The smallest absolute Gasteiger partial charge is 0.0332 e. The summed E-state index contributed by atoms with van der Waals surface area (Å²) >= 11 is 2.00. The normalized spacial score (nSPS) is 16.5. The Bertz CT molecular complexity index is 231. The van der Waals surface area contributed by atoms with E-state index in [-0.39, 0.29) is 0 Å². The van der Waals surface area contributed by atoms with E-state index in [1.807, 2.05) is 11.8 Å². The van der Waals surface area contributed by atoms with Gasteiger partial charge in [-0.3, -0.25) is 0 Å². The highest BCUT2D eigenvalue weighted by Gasteiger charge is 2.11. The number of rotatable bonds is 1. The van der Waals surface area contributed by atoms with Gasteiger partial charge < -0.3 is 10.7 Å². The van der Waals surface area contributed by atoms with Crippen molar-refractivity contribution in [2.45, 2.75) is 18.7 Å². The Morgan fingerprint density at radius 3 is 3.27 bits per heavy atom. The Balaban J connectivity index is 2.32. The molecule has 1 aromatic heterocycles. The fraction of sp³-hybridized carbons (Fsp3) is 0.500. The zero-order valence-electron chi connectivity index (χ0n) is 6.39. The summed E-state index contributed by atoms with van der Waals surface area (Å²) in [7, 11) is 0. The van der Waals surface area contributed by atoms with Crippen LogP contribution >= 0.6 is 11.8 Å². The van der Waals surface area contributed by atoms with Gasteiger partial charge >= 0.3 is 0 Å². The van der Waals surface area contributed by atoms with Gasteiger partial charge in [-0.1, -0.05) is 0 Å². The van der Waals surface area contributed by atoms with Crippen LogP contribution in [-0.2, 0) is 18.7 Å². The lowest BCUT2D eigenvalue weighted by molar-refractivity contribution is 0.963. The summed E-state index contributed by atoms with van der Waals surface area (Å²) in [6, 6.07) is 2.20. The number of fused-ring (bicyclic) bond motifs is 1. The molecule has 0 amide bonds. The highest BCUT2D eigenvalue weighted by molar-refractivity contribution is 7.98. The summed E-state index contributed by atoms with van der Waals surface area (Å²) in [5.41, 5.74) is 9.57. The molecule has 0 spiro atoms. The van der Waals surface area contributed by atoms with Gasteiger partial charge in [0.25, 0.3) is 0 Å². The van der Waals surface area contributed by atoms with Crippen LogP contribution in [0.15, 0.2) is 6.07 Å². The molecule has 0 saturated heterocycles. The predicted octanol–water partition coefficient (Wildman–Crippen LogP) is 1.26. The highest BCUT2D eigenvalue weighted by atomic mass is 32.2. The average Bonchev–Trinajstić information content (AvgIpc) is 2.46. The van der Waals surface area contributed by atoms with E-state index in [1.54, 1.807) is 0 Å². The van der Waals surface area contributed by atoms with Crippen molar-refractivity contribution in [3.8, 4) is 0 Å². The van der Waals surface area contributed by atoms with E-state index in [0.717, 1.165) is 5.75 Å². The molecule has 2 heterocycles. The third kappa shape index (κ3) is 1.30. The Kier molecular flexibility index (Phi) is 1.92. The summed E-state index contributed by atoms with van der Waals surface area (Å²) in [5.74, 6) is 2.41. The zero-order chi connectivity index (χ0) is 7.68. The molecule has 0 atom stereocenters. The predicted molar refractivity (Wildman–Crippen MR) is 48.6 cm³/mol. The average molecular weight is 168 g/mol. The van der Waals surface area contributed by atoms with Gasteiger partial charge in [0.05, 0.1) is 0 Å². The summed E-state index contributed by atoms with van der Waals surface area (Å²) < 4.78 is 0. The van der Waals surface area contributed by atoms with E-state index in [4.69, 9.17) is 5.73 Å². The standard InChI is InChI=1S/C8H12N2S/c9-4-7-3-6-5-11-2-1-8(6)10-7/h3,10H,1-2,4-5,9H2. The van der Waals surface area contributed by atoms with Crippen molar-refractivity contribution in [3.63, 3.8) is 0 Å². The second-order valence-corrected chi connectivity index (χ2v) is 3.91. The van der Waals surface area contributed by atoms with E-state index in [1.165, 1.54) is 29.1 Å². The van der Waals surface area contributed by atoms with Crippen molar-refractivity contribution in [3.05, 3.63) is 23.0 Å². The number of aryl methyl sites for hydroxylation is 1. The molecule has 0 aliphatic carbocycles. The van der Waals surface area contributed by atoms with Crippen LogP contribution in [0.1, 0.15) is 17.0 Å². The first-order valence-electron chi connectivity index (χ1n) is 3.87. The maximum Gasteiger partial charge on any atom is 0.0332 e. The molecule has 2 nitrogen and oxygen atoms in total. The Morgan fingerprint density at radius 2 is 2.55 bits per heavy atom. The second-order valence-electron chi connectivity index (χ2n) is 2.81. The quantitative estimate of drug-likeness (QED) is 0.663. The number of H-pyrrole nitrogens is 1. The lowest BCUT2D eigenvalue weighted by atomic mass is 10.2. The van der Waals surface area contributed by atoms with E-state index in [0.29, 0.717) is 6.54 Å². The van der Waals surface area contributed by atoms with Gasteiger partial charge in [0, 0.05) is 23.7 Å². The zero-order valence-corrected chi connectivity index (χ0v) is 7.21. The minimum absolute atomic E-state index is 0.637. The van der Waals surface area contributed by atoms with E-state index in [9.17, 15) is 0 Å². The first-order chi connectivity index (χ1) is 5.40. The third-order valence-electron chi connectivity index (χ3n) is 2.02. The molecule has 1 aromatic rings. The van der Waals surface area contributed by atoms with Crippen molar-refractivity contribution in [1.29, 1.82) is 0 Å². The van der Waals surface area contributed by atoms with Crippen molar-refractivity contribution in [1.82, 2.24) is 4.98 Å². The molecular formula is C8H12N2S. The molecule has 0 unspecified atom stereocenters. The molecule has 3 heteroatoms. The van der Waals surface area contributed by atoms with E-state index >= 15 is 0 Å². The van der Waals surface area contributed by atoms with Gasteiger partial charge in [-0.05, 0) is 23.8 Å². The lowest BCUT2D eigenvalue weighted by Gasteiger charge is -2.08. The molecule has 1 aliphatic heterocycles. The summed E-state index contributed by atoms with van der Waals surface area (Å²) in [6.07, 6.45) is 1.18. The number of aromatic nitrogens is 1. The highest BCUT2D eigenvalue weighted by Crippen LogP contribution is 2.24. The molecule has 0 fully saturated rings. The fourth-order valence-corrected chi connectivity index (χ4v) is 2.40. The molecule has 11 heavy (non-hydrogen) atoms. The molecule has 0 saturated carbocycles. The summed E-state index contributed by atoms with van der Waals surface area (Å²) in [5, 5.41) is 0. The van der Waals surface area contributed by atoms with E-state index < -0.39 is 0 Å². The van der Waals surface area contributed by atoms with Crippen LogP contribution in [0.5, 0.6) is 0 Å². The van der Waals surface area contributed by atoms with Crippen molar-refractivity contribution in [2.24, 2.45) is 5.73 Å². The molecule has 0 radical (unpaired) electrons. The molecule has 0 aromatic carbocycles. The molecule has 1 aliphatic rings. The number of aromatic amines is 1. The van der Waals surface area contributed by atoms with Crippen LogP contribution in [0.2, 0.25) is 0 Å². The Morgan fingerprint density at radius 1 is 1.64 bits per heavy atom. The van der Waals surface area contributed by atoms with Crippen LogP contribution in [0.3, 0.4) is 0 Å². The van der Waals surface area contributed by atoms with Gasteiger partial charge in [0.2, 0.25) is 0 Å². The first kappa shape index (κ1) is 7.25. The van der Waals surface area contributed by atoms with Crippen LogP contribution in [0.4, 0.5) is 0 Å². The number of nitrogens with two attached hydrogens (primary N) is 1. The molecular weight excluding hydrogens is 156 g/mol. The number of hydrogen-bond acceptors (Lipinski definition) is 2. The second kappa shape index (κ2) is 2.91. The van der Waals surface area contributed by atoms with Crippen molar-refractivity contribution >= 4 is 11.8 Å². The minimum atomic E-state index is 0.637. The maximum absolute atomic E-state index is 5.52. The van der Waals surface area contributed by atoms with Crippen LogP contribution in [0, 0.1) is 0 Å². The number of hydrogen-bond donors (Lipinski definition) is 2. The van der Waals surface area contributed by atoms with Gasteiger partial charge in [-0.2, -0.15) is 11.8 Å². The Hall–Kier alpha value is -0.410. The Labute approximate surface area is 70.6 Å². The molecule has 0 bridgehead atoms. The van der Waals surface area contributed by atoms with Gasteiger partial charge in [0.1, 0.15) is 0 Å². The molecule has 60 valence electrons. The molecule has 2 rings (SSSR count). The topological polar surface area (TPSA) is 41.8 Å². The first-order valence-corrected chi connectivity index (χ1v) is 5.03. The maximum atomic E-state index is 5.52. The number of nitrogens with one attached hydrogen (secondary N) is 1. The van der Waals surface area contributed by atoms with Crippen LogP contribution in [0.25, 0.3) is 0 Å². The lowest BCUT2D eigenvalue weighted by Crippen LogP contribution is -2.00. The van der Waals surface area contributed by atoms with E-state index in [2.05, 4.69) is 11.1 Å². The SMILES string of the molecule is NCc1cc2c([nH]1)CCSC2. The fourth-order valence-electron chi connectivity index (χ4n) is 1.43. The van der Waals surface area contributed by atoms with Crippen molar-refractivity contribution < 1.29 is 0 Å². The largest absolute Gasteiger partial charge is 0.361 e.